The van der Waals surface area contributed by atoms with Crippen LogP contribution in [0.15, 0.2) is 42.5 Å². The molecule has 0 heterocycles. The van der Waals surface area contributed by atoms with E-state index in [9.17, 15) is 38.4 Å². The average molecular weight is 450 g/mol. The highest BCUT2D eigenvalue weighted by Gasteiger charge is 2.33. The highest BCUT2D eigenvalue weighted by molar-refractivity contribution is 5.86. The van der Waals surface area contributed by atoms with Crippen molar-refractivity contribution in [2.75, 3.05) is 6.61 Å². The number of rotatable bonds is 10. The summed E-state index contributed by atoms with van der Waals surface area (Å²) in [5, 5.41) is 22.9. The summed E-state index contributed by atoms with van der Waals surface area (Å²) in [4.78, 5) is 46.7. The fourth-order valence-electron chi connectivity index (χ4n) is 3.06. The lowest BCUT2D eigenvalue weighted by atomic mass is 9.88. The summed E-state index contributed by atoms with van der Waals surface area (Å²) >= 11 is 0. The molecule has 0 aromatic heterocycles. The molecule has 0 saturated heterocycles. The van der Waals surface area contributed by atoms with Crippen LogP contribution in [-0.4, -0.2) is 40.5 Å². The first-order chi connectivity index (χ1) is 15.1. The first-order valence-corrected chi connectivity index (χ1v) is 9.48. The minimum absolute atomic E-state index is 0.0477. The monoisotopic (exact) mass is 450 g/mol. The Labute approximate surface area is 181 Å². The van der Waals surface area contributed by atoms with Gasteiger partial charge in [0, 0.05) is 18.1 Å². The Hall–Kier alpha value is -3.89. The summed E-state index contributed by atoms with van der Waals surface area (Å²) < 4.78 is 31.3. The number of esters is 1. The number of carbonyl (C=O) groups excluding carboxylic acids is 2. The van der Waals surface area contributed by atoms with Gasteiger partial charge in [-0.3, -0.25) is 19.7 Å². The van der Waals surface area contributed by atoms with Crippen LogP contribution < -0.4 is 5.32 Å². The topological polar surface area (TPSA) is 136 Å². The zero-order valence-corrected chi connectivity index (χ0v) is 16.9. The molecule has 0 aliphatic heterocycles. The van der Waals surface area contributed by atoms with E-state index >= 15 is 0 Å². The van der Waals surface area contributed by atoms with Gasteiger partial charge in [0.05, 0.1) is 24.4 Å². The second-order valence-corrected chi connectivity index (χ2v) is 6.77. The number of nitrogens with one attached hydrogen (secondary N) is 1. The average Bonchev–Trinajstić information content (AvgIpc) is 2.73. The van der Waals surface area contributed by atoms with E-state index in [-0.39, 0.29) is 23.4 Å². The number of nitro groups is 1. The van der Waals surface area contributed by atoms with Gasteiger partial charge in [-0.1, -0.05) is 18.2 Å². The second-order valence-electron chi connectivity index (χ2n) is 6.77. The molecular formula is C21H20F2N2O7. The zero-order chi connectivity index (χ0) is 23.8. The minimum atomic E-state index is -1.60. The third-order valence-corrected chi connectivity index (χ3v) is 4.56. The molecule has 32 heavy (non-hydrogen) atoms. The molecule has 0 spiro atoms. The lowest BCUT2D eigenvalue weighted by molar-refractivity contribution is -0.384. The third-order valence-electron chi connectivity index (χ3n) is 4.56. The van der Waals surface area contributed by atoms with Crippen LogP contribution in [0.1, 0.15) is 30.4 Å². The predicted octanol–water partition coefficient (Wildman–Crippen LogP) is 2.72. The lowest BCUT2D eigenvalue weighted by Gasteiger charge is -2.25. The Morgan fingerprint density at radius 1 is 1.12 bits per heavy atom. The molecule has 2 atom stereocenters. The molecule has 0 radical (unpaired) electrons. The van der Waals surface area contributed by atoms with Gasteiger partial charge in [-0.25, -0.2) is 13.6 Å². The Bertz CT molecular complexity index is 1010. The van der Waals surface area contributed by atoms with Gasteiger partial charge in [0.25, 0.3) is 5.69 Å². The van der Waals surface area contributed by atoms with E-state index in [1.807, 2.05) is 0 Å². The Morgan fingerprint density at radius 2 is 1.78 bits per heavy atom. The number of amides is 1. The number of hydrogen-bond acceptors (Lipinski definition) is 6. The second kappa shape index (κ2) is 10.9. The number of carboxylic acid groups (broad SMARTS) is 1. The van der Waals surface area contributed by atoms with E-state index in [0.717, 1.165) is 24.3 Å². The van der Waals surface area contributed by atoms with Crippen molar-refractivity contribution in [3.8, 4) is 0 Å². The number of non-ortho nitro benzene ring substituents is 1. The van der Waals surface area contributed by atoms with Crippen LogP contribution in [0.4, 0.5) is 14.5 Å². The highest BCUT2D eigenvalue weighted by atomic mass is 19.2. The van der Waals surface area contributed by atoms with Gasteiger partial charge in [-0.05, 0) is 30.2 Å². The number of carbonyl (C=O) groups is 3. The van der Waals surface area contributed by atoms with E-state index in [4.69, 9.17) is 4.74 Å². The van der Waals surface area contributed by atoms with Crippen LogP contribution in [0.25, 0.3) is 0 Å². The molecule has 0 fully saturated rings. The van der Waals surface area contributed by atoms with Crippen LogP contribution in [0, 0.1) is 21.7 Å². The fourth-order valence-corrected chi connectivity index (χ4v) is 3.06. The maximum Gasteiger partial charge on any atom is 0.326 e. The minimum Gasteiger partial charge on any atom is -0.480 e. The summed E-state index contributed by atoms with van der Waals surface area (Å²) in [6.45, 7) is 1.61. The third kappa shape index (κ3) is 6.56. The van der Waals surface area contributed by atoms with Crippen molar-refractivity contribution in [2.24, 2.45) is 0 Å². The summed E-state index contributed by atoms with van der Waals surface area (Å²) in [5.74, 6) is -6.35. The normalized spacial score (nSPS) is 12.5. The van der Waals surface area contributed by atoms with E-state index in [0.29, 0.717) is 0 Å². The summed E-state index contributed by atoms with van der Waals surface area (Å²) in [7, 11) is 0. The maximum absolute atomic E-state index is 13.4. The molecule has 2 aromatic rings. The van der Waals surface area contributed by atoms with E-state index in [1.165, 1.54) is 18.2 Å². The van der Waals surface area contributed by atoms with Crippen LogP contribution >= 0.6 is 0 Å². The molecular weight excluding hydrogens is 430 g/mol. The van der Waals surface area contributed by atoms with E-state index in [2.05, 4.69) is 5.32 Å². The molecule has 2 N–H and O–H groups in total. The van der Waals surface area contributed by atoms with Crippen molar-refractivity contribution in [2.45, 2.75) is 31.7 Å². The van der Waals surface area contributed by atoms with Crippen LogP contribution in [-0.2, 0) is 25.5 Å². The predicted molar refractivity (Wildman–Crippen MR) is 107 cm³/mol. The summed E-state index contributed by atoms with van der Waals surface area (Å²) in [5.41, 5.74) is 0.130. The van der Waals surface area contributed by atoms with Gasteiger partial charge < -0.3 is 15.2 Å². The van der Waals surface area contributed by atoms with Crippen molar-refractivity contribution in [1.82, 2.24) is 5.32 Å². The maximum atomic E-state index is 13.4. The van der Waals surface area contributed by atoms with Gasteiger partial charge in [0.2, 0.25) is 5.91 Å². The molecule has 0 unspecified atom stereocenters. The van der Waals surface area contributed by atoms with Crippen LogP contribution in [0.5, 0.6) is 0 Å². The molecule has 0 bridgehead atoms. The number of aliphatic carboxylic acids is 1. The fraction of sp³-hybridized carbons (Fsp3) is 0.286. The Kier molecular flexibility index (Phi) is 8.33. The number of nitrogens with zero attached hydrogens (tertiary/aromatic N) is 1. The van der Waals surface area contributed by atoms with Gasteiger partial charge >= 0.3 is 11.9 Å². The first-order valence-electron chi connectivity index (χ1n) is 9.48. The molecule has 9 nitrogen and oxygen atoms in total. The van der Waals surface area contributed by atoms with Crippen molar-refractivity contribution in [1.29, 1.82) is 0 Å². The molecule has 170 valence electrons. The largest absolute Gasteiger partial charge is 0.480 e. The summed E-state index contributed by atoms with van der Waals surface area (Å²) in [6, 6.07) is 6.12. The zero-order valence-electron chi connectivity index (χ0n) is 16.9. The number of carboxylic acids is 1. The first kappa shape index (κ1) is 24.4. The van der Waals surface area contributed by atoms with Gasteiger partial charge in [-0.2, -0.15) is 0 Å². The van der Waals surface area contributed by atoms with Crippen molar-refractivity contribution in [3.63, 3.8) is 0 Å². The Balaban J connectivity index is 2.29. The molecule has 2 rings (SSSR count). The van der Waals surface area contributed by atoms with Crippen molar-refractivity contribution < 1.29 is 37.9 Å². The molecule has 0 saturated carbocycles. The SMILES string of the molecule is CCOC(=O)C[C@H](c1ccc([N+](=O)[O-])cc1)[C@@H](NC(=O)Cc1ccc(F)c(F)c1)C(=O)O. The van der Waals surface area contributed by atoms with E-state index in [1.54, 1.807) is 6.92 Å². The molecule has 11 heteroatoms. The molecule has 1 amide bonds. The van der Waals surface area contributed by atoms with Crippen molar-refractivity contribution in [3.05, 3.63) is 75.3 Å². The number of nitro benzene ring substituents is 1. The standard InChI is InChI=1S/C21H20F2N2O7/c1-2-32-19(27)11-15(13-4-6-14(7-5-13)25(30)31)20(21(28)29)24-18(26)10-12-3-8-16(22)17(23)9-12/h3-9,15,20H,2,10-11H2,1H3,(H,24,26)(H,28,29)/t15-,20-/m1/s1. The van der Waals surface area contributed by atoms with Crippen LogP contribution in [0.3, 0.4) is 0 Å². The number of halogens is 2. The van der Waals surface area contributed by atoms with Gasteiger partial charge in [0.15, 0.2) is 11.6 Å². The number of benzene rings is 2. The van der Waals surface area contributed by atoms with Crippen molar-refractivity contribution >= 4 is 23.5 Å². The van der Waals surface area contributed by atoms with Gasteiger partial charge in [-0.15, -0.1) is 0 Å². The van der Waals surface area contributed by atoms with Gasteiger partial charge in [0.1, 0.15) is 6.04 Å². The molecule has 0 aliphatic carbocycles. The number of hydrogen-bond donors (Lipinski definition) is 2. The number of ether oxygens (including phenoxy) is 1. The van der Waals surface area contributed by atoms with Crippen LogP contribution in [0.2, 0.25) is 0 Å². The molecule has 0 aliphatic rings. The smallest absolute Gasteiger partial charge is 0.326 e. The Morgan fingerprint density at radius 3 is 2.31 bits per heavy atom. The van der Waals surface area contributed by atoms with E-state index < -0.39 is 59.2 Å². The summed E-state index contributed by atoms with van der Waals surface area (Å²) in [6.07, 6.45) is -0.860. The quantitative estimate of drug-likeness (QED) is 0.323. The molecule has 2 aromatic carbocycles. The lowest BCUT2D eigenvalue weighted by Crippen LogP contribution is -2.46. The highest BCUT2D eigenvalue weighted by Crippen LogP contribution is 2.27.